The second-order valence-electron chi connectivity index (χ2n) is 7.51. The first-order chi connectivity index (χ1) is 13.8. The van der Waals surface area contributed by atoms with E-state index in [-0.39, 0.29) is 5.91 Å². The molecule has 28 heavy (non-hydrogen) atoms. The summed E-state index contributed by atoms with van der Waals surface area (Å²) in [6.07, 6.45) is 2.88. The van der Waals surface area contributed by atoms with Crippen molar-refractivity contribution in [3.63, 3.8) is 0 Å². The van der Waals surface area contributed by atoms with Gasteiger partial charge in [-0.3, -0.25) is 9.69 Å². The number of hydrogen-bond acceptors (Lipinski definition) is 5. The highest BCUT2D eigenvalue weighted by Crippen LogP contribution is 2.26. The van der Waals surface area contributed by atoms with Gasteiger partial charge in [-0.15, -0.1) is 0 Å². The molecule has 1 N–H and O–H groups in total. The molecule has 0 bridgehead atoms. The van der Waals surface area contributed by atoms with Gasteiger partial charge < -0.3 is 10.2 Å². The van der Waals surface area contributed by atoms with Crippen molar-refractivity contribution in [1.82, 2.24) is 20.2 Å². The van der Waals surface area contributed by atoms with Gasteiger partial charge in [0.25, 0.3) is 0 Å². The SMILES string of the molecule is O=C1CN(C2CCN(c3nccc(-c4ccc5ccccc5c4)n3)C2)CCN1. The molecule has 3 heterocycles. The van der Waals surface area contributed by atoms with E-state index in [9.17, 15) is 4.79 Å². The van der Waals surface area contributed by atoms with Crippen molar-refractivity contribution in [1.29, 1.82) is 0 Å². The molecule has 2 saturated heterocycles. The van der Waals surface area contributed by atoms with Crippen LogP contribution in [0, 0.1) is 0 Å². The van der Waals surface area contributed by atoms with Crippen LogP contribution in [0.4, 0.5) is 5.95 Å². The first-order valence-corrected chi connectivity index (χ1v) is 9.84. The van der Waals surface area contributed by atoms with Gasteiger partial charge in [0.1, 0.15) is 0 Å². The number of anilines is 1. The van der Waals surface area contributed by atoms with Crippen LogP contribution in [0.5, 0.6) is 0 Å². The van der Waals surface area contributed by atoms with E-state index in [0.717, 1.165) is 49.8 Å². The van der Waals surface area contributed by atoms with E-state index in [1.807, 2.05) is 12.3 Å². The fraction of sp³-hybridized carbons (Fsp3) is 0.318. The summed E-state index contributed by atoms with van der Waals surface area (Å²) in [5, 5.41) is 5.34. The molecule has 2 aliphatic rings. The van der Waals surface area contributed by atoms with Crippen molar-refractivity contribution in [3.8, 4) is 11.3 Å². The molecule has 0 radical (unpaired) electrons. The van der Waals surface area contributed by atoms with E-state index >= 15 is 0 Å². The van der Waals surface area contributed by atoms with E-state index in [1.54, 1.807) is 0 Å². The van der Waals surface area contributed by atoms with Gasteiger partial charge in [0.15, 0.2) is 0 Å². The largest absolute Gasteiger partial charge is 0.354 e. The van der Waals surface area contributed by atoms with Crippen molar-refractivity contribution in [3.05, 3.63) is 54.7 Å². The molecular weight excluding hydrogens is 350 g/mol. The van der Waals surface area contributed by atoms with Crippen LogP contribution in [0.25, 0.3) is 22.0 Å². The van der Waals surface area contributed by atoms with Gasteiger partial charge >= 0.3 is 0 Å². The fourth-order valence-electron chi connectivity index (χ4n) is 4.20. The summed E-state index contributed by atoms with van der Waals surface area (Å²) in [5.74, 6) is 0.897. The summed E-state index contributed by atoms with van der Waals surface area (Å²) in [6, 6.07) is 17.2. The highest BCUT2D eigenvalue weighted by Gasteiger charge is 2.31. The van der Waals surface area contributed by atoms with Crippen LogP contribution in [0.15, 0.2) is 54.7 Å². The predicted octanol–water partition coefficient (Wildman–Crippen LogP) is 2.31. The zero-order valence-electron chi connectivity index (χ0n) is 15.7. The number of carbonyl (C=O) groups excluding carboxylic acids is 1. The van der Waals surface area contributed by atoms with Crippen molar-refractivity contribution in [2.45, 2.75) is 12.5 Å². The predicted molar refractivity (Wildman–Crippen MR) is 110 cm³/mol. The number of amides is 1. The molecule has 6 heteroatoms. The zero-order chi connectivity index (χ0) is 18.9. The number of piperazine rings is 1. The Morgan fingerprint density at radius 3 is 2.82 bits per heavy atom. The van der Waals surface area contributed by atoms with Crippen LogP contribution in [0.1, 0.15) is 6.42 Å². The lowest BCUT2D eigenvalue weighted by molar-refractivity contribution is -0.124. The minimum absolute atomic E-state index is 0.124. The standard InChI is InChI=1S/C22H23N5O/c28-21-15-26(12-10-23-21)19-8-11-27(14-19)22-24-9-7-20(25-22)18-6-5-16-3-1-2-4-17(16)13-18/h1-7,9,13,19H,8,10-12,14-15H2,(H,23,28). The molecular formula is C22H23N5O. The lowest BCUT2D eigenvalue weighted by Crippen LogP contribution is -2.52. The van der Waals surface area contributed by atoms with Gasteiger partial charge in [-0.05, 0) is 29.3 Å². The molecule has 5 rings (SSSR count). The summed E-state index contributed by atoms with van der Waals surface area (Å²) >= 11 is 0. The summed E-state index contributed by atoms with van der Waals surface area (Å²) in [5.41, 5.74) is 2.04. The maximum Gasteiger partial charge on any atom is 0.234 e. The molecule has 0 saturated carbocycles. The highest BCUT2D eigenvalue weighted by atomic mass is 16.2. The Morgan fingerprint density at radius 1 is 1.04 bits per heavy atom. The molecule has 1 aromatic heterocycles. The lowest BCUT2D eigenvalue weighted by Gasteiger charge is -2.31. The van der Waals surface area contributed by atoms with Crippen LogP contribution in [-0.4, -0.2) is 59.5 Å². The molecule has 1 unspecified atom stereocenters. The lowest BCUT2D eigenvalue weighted by atomic mass is 10.1. The first-order valence-electron chi connectivity index (χ1n) is 9.84. The monoisotopic (exact) mass is 373 g/mol. The van der Waals surface area contributed by atoms with Crippen LogP contribution >= 0.6 is 0 Å². The summed E-state index contributed by atoms with van der Waals surface area (Å²) in [4.78, 5) is 25.6. The van der Waals surface area contributed by atoms with E-state index in [2.05, 4.69) is 62.6 Å². The van der Waals surface area contributed by atoms with E-state index < -0.39 is 0 Å². The number of aromatic nitrogens is 2. The van der Waals surface area contributed by atoms with Gasteiger partial charge in [0.2, 0.25) is 11.9 Å². The van der Waals surface area contributed by atoms with Gasteiger partial charge in [-0.1, -0.05) is 36.4 Å². The zero-order valence-corrected chi connectivity index (χ0v) is 15.7. The van der Waals surface area contributed by atoms with Crippen molar-refractivity contribution >= 4 is 22.6 Å². The van der Waals surface area contributed by atoms with Crippen LogP contribution in [-0.2, 0) is 4.79 Å². The van der Waals surface area contributed by atoms with Crippen LogP contribution in [0.2, 0.25) is 0 Å². The minimum atomic E-state index is 0.124. The third-order valence-electron chi connectivity index (χ3n) is 5.72. The van der Waals surface area contributed by atoms with Crippen molar-refractivity contribution < 1.29 is 4.79 Å². The number of hydrogen-bond donors (Lipinski definition) is 1. The Bertz CT molecular complexity index is 1020. The van der Waals surface area contributed by atoms with Crippen molar-refractivity contribution in [2.24, 2.45) is 0 Å². The Morgan fingerprint density at radius 2 is 1.93 bits per heavy atom. The minimum Gasteiger partial charge on any atom is -0.354 e. The summed E-state index contributed by atoms with van der Waals surface area (Å²) in [7, 11) is 0. The molecule has 2 aromatic carbocycles. The molecule has 1 atom stereocenters. The normalized spacial score (nSPS) is 20.5. The molecule has 0 aliphatic carbocycles. The molecule has 6 nitrogen and oxygen atoms in total. The Hall–Kier alpha value is -2.99. The smallest absolute Gasteiger partial charge is 0.234 e. The first kappa shape index (κ1) is 17.1. The van der Waals surface area contributed by atoms with Crippen LogP contribution < -0.4 is 10.2 Å². The van der Waals surface area contributed by atoms with Crippen LogP contribution in [0.3, 0.4) is 0 Å². The maximum absolute atomic E-state index is 11.7. The number of nitrogens with one attached hydrogen (secondary N) is 1. The number of carbonyl (C=O) groups is 1. The van der Waals surface area contributed by atoms with Crippen molar-refractivity contribution in [2.75, 3.05) is 37.6 Å². The molecule has 2 aliphatic heterocycles. The van der Waals surface area contributed by atoms with Gasteiger partial charge in [0.05, 0.1) is 12.2 Å². The molecule has 142 valence electrons. The molecule has 2 fully saturated rings. The Labute approximate surface area is 164 Å². The quantitative estimate of drug-likeness (QED) is 0.763. The third-order valence-corrected chi connectivity index (χ3v) is 5.72. The molecule has 0 spiro atoms. The summed E-state index contributed by atoms with van der Waals surface area (Å²) in [6.45, 7) is 3.94. The highest BCUT2D eigenvalue weighted by molar-refractivity contribution is 5.86. The summed E-state index contributed by atoms with van der Waals surface area (Å²) < 4.78 is 0. The van der Waals surface area contributed by atoms with E-state index in [4.69, 9.17) is 4.98 Å². The van der Waals surface area contributed by atoms with E-state index in [0.29, 0.717) is 12.6 Å². The average molecular weight is 373 g/mol. The molecule has 3 aromatic rings. The average Bonchev–Trinajstić information content (AvgIpc) is 3.24. The topological polar surface area (TPSA) is 61.4 Å². The second kappa shape index (κ2) is 7.20. The third kappa shape index (κ3) is 3.31. The fourth-order valence-corrected chi connectivity index (χ4v) is 4.20. The van der Waals surface area contributed by atoms with E-state index in [1.165, 1.54) is 10.8 Å². The van der Waals surface area contributed by atoms with Gasteiger partial charge in [-0.25, -0.2) is 9.97 Å². The second-order valence-corrected chi connectivity index (χ2v) is 7.51. The number of benzene rings is 2. The number of nitrogens with zero attached hydrogens (tertiary/aromatic N) is 4. The maximum atomic E-state index is 11.7. The Kier molecular flexibility index (Phi) is 4.41. The number of rotatable bonds is 3. The number of fused-ring (bicyclic) bond motifs is 1. The van der Waals surface area contributed by atoms with Gasteiger partial charge in [0, 0.05) is 44.0 Å². The molecule has 1 amide bonds. The Balaban J connectivity index is 1.36. The van der Waals surface area contributed by atoms with Gasteiger partial charge in [-0.2, -0.15) is 0 Å².